The summed E-state index contributed by atoms with van der Waals surface area (Å²) >= 11 is 0. The van der Waals surface area contributed by atoms with E-state index in [2.05, 4.69) is 5.10 Å². The highest BCUT2D eigenvalue weighted by Gasteiger charge is 2.01. The summed E-state index contributed by atoms with van der Waals surface area (Å²) in [6.45, 7) is 2.82. The molecule has 0 aliphatic heterocycles. The highest BCUT2D eigenvalue weighted by molar-refractivity contribution is 5.93. The maximum Gasteiger partial charge on any atom is 0.162 e. The Balaban J connectivity index is 2.58. The molecule has 0 unspecified atom stereocenters. The summed E-state index contributed by atoms with van der Waals surface area (Å²) in [6.07, 6.45) is 3.29. The molecule has 1 aromatic rings. The minimum atomic E-state index is 0.0404. The summed E-state index contributed by atoms with van der Waals surface area (Å²) < 4.78 is 6.56. The third kappa shape index (κ3) is 2.17. The Labute approximate surface area is 71.1 Å². The number of carbonyl (C=O) groups is 1. The van der Waals surface area contributed by atoms with Gasteiger partial charge < -0.3 is 4.74 Å². The first-order valence-electron chi connectivity index (χ1n) is 3.76. The van der Waals surface area contributed by atoms with Crippen LogP contribution in [0.1, 0.15) is 17.3 Å². The number of ketones is 1. The standard InChI is InChI=1S/C8H12N2O2/c1-7(11)8-5-9-10(6-8)3-4-12-2/h5-6H,3-4H2,1-2H3. The van der Waals surface area contributed by atoms with Crippen LogP contribution in [0.2, 0.25) is 0 Å². The van der Waals surface area contributed by atoms with Crippen molar-refractivity contribution in [2.24, 2.45) is 0 Å². The third-order valence-electron chi connectivity index (χ3n) is 1.56. The molecule has 0 radical (unpaired) electrons. The molecular weight excluding hydrogens is 156 g/mol. The first-order chi connectivity index (χ1) is 5.74. The zero-order chi connectivity index (χ0) is 8.97. The van der Waals surface area contributed by atoms with Crippen molar-refractivity contribution in [3.8, 4) is 0 Å². The van der Waals surface area contributed by atoms with Gasteiger partial charge in [0.25, 0.3) is 0 Å². The SMILES string of the molecule is COCCn1cc(C(C)=O)cn1. The molecule has 0 saturated carbocycles. The van der Waals surface area contributed by atoms with Crippen molar-refractivity contribution in [1.29, 1.82) is 0 Å². The molecule has 0 aromatic carbocycles. The summed E-state index contributed by atoms with van der Waals surface area (Å²) in [7, 11) is 1.63. The minimum absolute atomic E-state index is 0.0404. The fraction of sp³-hybridized carbons (Fsp3) is 0.500. The Hall–Kier alpha value is -1.16. The van der Waals surface area contributed by atoms with Crippen LogP contribution in [-0.4, -0.2) is 29.3 Å². The number of methoxy groups -OCH3 is 1. The van der Waals surface area contributed by atoms with Gasteiger partial charge in [0, 0.05) is 13.3 Å². The summed E-state index contributed by atoms with van der Waals surface area (Å²) in [5, 5.41) is 3.99. The molecule has 4 heteroatoms. The van der Waals surface area contributed by atoms with Crippen LogP contribution in [0.25, 0.3) is 0 Å². The molecule has 0 amide bonds. The summed E-state index contributed by atoms with van der Waals surface area (Å²) in [5.41, 5.74) is 0.645. The second-order valence-electron chi connectivity index (χ2n) is 2.54. The second kappa shape index (κ2) is 4.01. The van der Waals surface area contributed by atoms with Crippen molar-refractivity contribution >= 4 is 5.78 Å². The normalized spacial score (nSPS) is 10.2. The topological polar surface area (TPSA) is 44.1 Å². The van der Waals surface area contributed by atoms with Gasteiger partial charge in [-0.15, -0.1) is 0 Å². The maximum absolute atomic E-state index is 10.8. The largest absolute Gasteiger partial charge is 0.383 e. The van der Waals surface area contributed by atoms with E-state index in [1.807, 2.05) is 0 Å². The number of aromatic nitrogens is 2. The Kier molecular flexibility index (Phi) is 2.99. The Morgan fingerprint density at radius 3 is 3.00 bits per heavy atom. The van der Waals surface area contributed by atoms with E-state index in [9.17, 15) is 4.79 Å². The molecular formula is C8H12N2O2. The van der Waals surface area contributed by atoms with Crippen molar-refractivity contribution in [3.05, 3.63) is 18.0 Å². The molecule has 0 spiro atoms. The summed E-state index contributed by atoms with van der Waals surface area (Å²) in [6, 6.07) is 0. The minimum Gasteiger partial charge on any atom is -0.383 e. The first-order valence-corrected chi connectivity index (χ1v) is 3.76. The molecule has 1 aromatic heterocycles. The molecule has 1 rings (SSSR count). The smallest absolute Gasteiger partial charge is 0.162 e. The monoisotopic (exact) mass is 168 g/mol. The molecule has 12 heavy (non-hydrogen) atoms. The van der Waals surface area contributed by atoms with Crippen LogP contribution in [0.15, 0.2) is 12.4 Å². The quantitative estimate of drug-likeness (QED) is 0.622. The average molecular weight is 168 g/mol. The van der Waals surface area contributed by atoms with Gasteiger partial charge in [0.1, 0.15) is 0 Å². The highest BCUT2D eigenvalue weighted by Crippen LogP contribution is 1.97. The first kappa shape index (κ1) is 8.93. The molecule has 4 nitrogen and oxygen atoms in total. The molecule has 0 fully saturated rings. The van der Waals surface area contributed by atoms with Gasteiger partial charge in [-0.3, -0.25) is 9.48 Å². The fourth-order valence-electron chi connectivity index (χ4n) is 0.852. The van der Waals surface area contributed by atoms with Crippen molar-refractivity contribution < 1.29 is 9.53 Å². The van der Waals surface area contributed by atoms with Crippen LogP contribution in [-0.2, 0) is 11.3 Å². The number of hydrogen-bond donors (Lipinski definition) is 0. The van der Waals surface area contributed by atoms with Gasteiger partial charge in [-0.2, -0.15) is 5.10 Å². The van der Waals surface area contributed by atoms with Crippen molar-refractivity contribution in [1.82, 2.24) is 9.78 Å². The number of rotatable bonds is 4. The predicted molar refractivity (Wildman–Crippen MR) is 44.1 cm³/mol. The molecule has 0 bridgehead atoms. The van der Waals surface area contributed by atoms with E-state index in [1.165, 1.54) is 6.92 Å². The molecule has 0 atom stereocenters. The molecule has 66 valence electrons. The fourth-order valence-corrected chi connectivity index (χ4v) is 0.852. The molecule has 0 aliphatic rings. The second-order valence-corrected chi connectivity index (χ2v) is 2.54. The lowest BCUT2D eigenvalue weighted by Gasteiger charge is -1.97. The number of carbonyl (C=O) groups excluding carboxylic acids is 1. The van der Waals surface area contributed by atoms with E-state index in [0.29, 0.717) is 18.7 Å². The number of nitrogens with zero attached hydrogens (tertiary/aromatic N) is 2. The molecule has 0 N–H and O–H groups in total. The van der Waals surface area contributed by atoms with E-state index in [0.717, 1.165) is 0 Å². The maximum atomic E-state index is 10.8. The van der Waals surface area contributed by atoms with Crippen molar-refractivity contribution in [3.63, 3.8) is 0 Å². The van der Waals surface area contributed by atoms with Crippen LogP contribution in [0.5, 0.6) is 0 Å². The Morgan fingerprint density at radius 1 is 1.75 bits per heavy atom. The van der Waals surface area contributed by atoms with Crippen LogP contribution in [0.3, 0.4) is 0 Å². The number of ether oxygens (including phenoxy) is 1. The lowest BCUT2D eigenvalue weighted by molar-refractivity contribution is 0.101. The predicted octanol–water partition coefficient (Wildman–Crippen LogP) is 0.732. The Bertz CT molecular complexity index is 268. The van der Waals surface area contributed by atoms with E-state index in [1.54, 1.807) is 24.2 Å². The van der Waals surface area contributed by atoms with Gasteiger partial charge in [-0.25, -0.2) is 0 Å². The van der Waals surface area contributed by atoms with Gasteiger partial charge >= 0.3 is 0 Å². The van der Waals surface area contributed by atoms with Gasteiger partial charge in [-0.1, -0.05) is 0 Å². The summed E-state index contributed by atoms with van der Waals surface area (Å²) in [5.74, 6) is 0.0404. The van der Waals surface area contributed by atoms with E-state index in [-0.39, 0.29) is 5.78 Å². The lowest BCUT2D eigenvalue weighted by atomic mass is 10.3. The van der Waals surface area contributed by atoms with Crippen LogP contribution in [0, 0.1) is 0 Å². The van der Waals surface area contributed by atoms with Crippen LogP contribution >= 0.6 is 0 Å². The van der Waals surface area contributed by atoms with Gasteiger partial charge in [0.15, 0.2) is 5.78 Å². The van der Waals surface area contributed by atoms with E-state index in [4.69, 9.17) is 4.74 Å². The zero-order valence-corrected chi connectivity index (χ0v) is 7.28. The number of Topliss-reactive ketones (excluding diaryl/α,β-unsaturated/α-hetero) is 1. The van der Waals surface area contributed by atoms with Gasteiger partial charge in [-0.05, 0) is 6.92 Å². The van der Waals surface area contributed by atoms with Gasteiger partial charge in [0.2, 0.25) is 0 Å². The van der Waals surface area contributed by atoms with Crippen LogP contribution < -0.4 is 0 Å². The van der Waals surface area contributed by atoms with Gasteiger partial charge in [0.05, 0.1) is 24.9 Å². The molecule has 0 saturated heterocycles. The Morgan fingerprint density at radius 2 is 2.50 bits per heavy atom. The number of hydrogen-bond acceptors (Lipinski definition) is 3. The lowest BCUT2D eigenvalue weighted by Crippen LogP contribution is -2.04. The van der Waals surface area contributed by atoms with Crippen molar-refractivity contribution in [2.75, 3.05) is 13.7 Å². The van der Waals surface area contributed by atoms with E-state index >= 15 is 0 Å². The zero-order valence-electron chi connectivity index (χ0n) is 7.28. The third-order valence-corrected chi connectivity index (χ3v) is 1.56. The highest BCUT2D eigenvalue weighted by atomic mass is 16.5. The summed E-state index contributed by atoms with van der Waals surface area (Å²) in [4.78, 5) is 10.8. The average Bonchev–Trinajstić information content (AvgIpc) is 2.48. The molecule has 1 heterocycles. The van der Waals surface area contributed by atoms with E-state index < -0.39 is 0 Å². The van der Waals surface area contributed by atoms with Crippen LogP contribution in [0.4, 0.5) is 0 Å². The van der Waals surface area contributed by atoms with Crippen molar-refractivity contribution in [2.45, 2.75) is 13.5 Å². The molecule has 0 aliphatic carbocycles.